The predicted molar refractivity (Wildman–Crippen MR) is 86.5 cm³/mol. The first-order valence-electron chi connectivity index (χ1n) is 7.32. The lowest BCUT2D eigenvalue weighted by molar-refractivity contribution is 0.116. The summed E-state index contributed by atoms with van der Waals surface area (Å²) in [5.74, 6) is 6.69. The van der Waals surface area contributed by atoms with Gasteiger partial charge in [-0.15, -0.1) is 0 Å². The van der Waals surface area contributed by atoms with E-state index in [0.717, 1.165) is 31.0 Å². The minimum atomic E-state index is 0.369. The van der Waals surface area contributed by atoms with Crippen LogP contribution in [0.2, 0.25) is 0 Å². The Morgan fingerprint density at radius 3 is 2.67 bits per heavy atom. The van der Waals surface area contributed by atoms with E-state index in [9.17, 15) is 0 Å². The van der Waals surface area contributed by atoms with Crippen molar-refractivity contribution in [2.45, 2.75) is 19.9 Å². The smallest absolute Gasteiger partial charge is 0.120 e. The van der Waals surface area contributed by atoms with E-state index in [1.54, 1.807) is 7.11 Å². The quantitative estimate of drug-likeness (QED) is 0.741. The van der Waals surface area contributed by atoms with Gasteiger partial charge in [-0.2, -0.15) is 0 Å². The molecule has 0 unspecified atom stereocenters. The Hall–Kier alpha value is -1.54. The molecule has 0 bridgehead atoms. The lowest BCUT2D eigenvalue weighted by Gasteiger charge is -2.25. The van der Waals surface area contributed by atoms with Crippen LogP contribution < -0.4 is 10.5 Å². The second-order valence-corrected chi connectivity index (χ2v) is 5.00. The first-order valence-corrected chi connectivity index (χ1v) is 7.32. The van der Waals surface area contributed by atoms with Gasteiger partial charge in [0.2, 0.25) is 0 Å². The maximum Gasteiger partial charge on any atom is 0.120 e. The Balaban J connectivity index is 2.47. The minimum absolute atomic E-state index is 0.369. The molecule has 4 heteroatoms. The zero-order chi connectivity index (χ0) is 15.5. The molecular weight excluding hydrogens is 264 g/mol. The first-order chi connectivity index (χ1) is 10.2. The van der Waals surface area contributed by atoms with Crippen molar-refractivity contribution in [2.75, 3.05) is 40.0 Å². The van der Waals surface area contributed by atoms with Crippen LogP contribution in [0.4, 0.5) is 0 Å². The van der Waals surface area contributed by atoms with Gasteiger partial charge in [-0.25, -0.2) is 0 Å². The number of hydrogen-bond acceptors (Lipinski definition) is 4. The van der Waals surface area contributed by atoms with Gasteiger partial charge in [0.05, 0.1) is 13.2 Å². The number of benzene rings is 1. The van der Waals surface area contributed by atoms with Gasteiger partial charge in [-0.05, 0) is 32.0 Å². The normalized spacial score (nSPS) is 10.6. The highest BCUT2D eigenvalue weighted by Gasteiger charge is 2.08. The molecule has 0 fully saturated rings. The summed E-state index contributed by atoms with van der Waals surface area (Å²) in [5.41, 5.74) is 6.30. The van der Waals surface area contributed by atoms with E-state index in [1.165, 1.54) is 0 Å². The van der Waals surface area contributed by atoms with Crippen molar-refractivity contribution in [3.8, 4) is 17.6 Å². The molecule has 0 heterocycles. The van der Waals surface area contributed by atoms with E-state index >= 15 is 0 Å². The molecule has 0 aliphatic heterocycles. The fourth-order valence-corrected chi connectivity index (χ4v) is 1.93. The number of nitrogens with two attached hydrogens (primary N) is 1. The van der Waals surface area contributed by atoms with Crippen LogP contribution in [0, 0.1) is 11.8 Å². The number of ether oxygens (including phenoxy) is 2. The van der Waals surface area contributed by atoms with Crippen molar-refractivity contribution >= 4 is 0 Å². The highest BCUT2D eigenvalue weighted by molar-refractivity contribution is 5.39. The fraction of sp³-hybridized carbons (Fsp3) is 0.529. The maximum atomic E-state index is 5.81. The summed E-state index contributed by atoms with van der Waals surface area (Å²) >= 11 is 0. The van der Waals surface area contributed by atoms with Crippen molar-refractivity contribution < 1.29 is 9.47 Å². The van der Waals surface area contributed by atoms with Gasteiger partial charge in [0.25, 0.3) is 0 Å². The van der Waals surface area contributed by atoms with E-state index in [-0.39, 0.29) is 0 Å². The van der Waals surface area contributed by atoms with Crippen LogP contribution in [0.15, 0.2) is 24.3 Å². The summed E-state index contributed by atoms with van der Waals surface area (Å²) in [6.07, 6.45) is 0. The number of hydrogen-bond donors (Lipinski definition) is 1. The molecule has 1 aromatic rings. The third-order valence-electron chi connectivity index (χ3n) is 3.13. The molecule has 0 atom stereocenters. The zero-order valence-electron chi connectivity index (χ0n) is 13.3. The van der Waals surface area contributed by atoms with Gasteiger partial charge in [0, 0.05) is 31.8 Å². The summed E-state index contributed by atoms with van der Waals surface area (Å²) in [4.78, 5) is 2.33. The molecule has 0 saturated carbocycles. The molecule has 0 spiro atoms. The summed E-state index contributed by atoms with van der Waals surface area (Å²) in [6.45, 7) is 7.91. The second-order valence-electron chi connectivity index (χ2n) is 5.00. The molecule has 0 aliphatic rings. The Morgan fingerprint density at radius 1 is 1.24 bits per heavy atom. The Kier molecular flexibility index (Phi) is 8.53. The summed E-state index contributed by atoms with van der Waals surface area (Å²) in [6, 6.07) is 8.26. The van der Waals surface area contributed by atoms with Crippen LogP contribution in [-0.2, 0) is 4.74 Å². The molecule has 116 valence electrons. The maximum absolute atomic E-state index is 5.81. The molecule has 4 nitrogen and oxygen atoms in total. The van der Waals surface area contributed by atoms with Gasteiger partial charge in [-0.3, -0.25) is 4.90 Å². The van der Waals surface area contributed by atoms with E-state index in [2.05, 4.69) is 30.6 Å². The molecule has 1 rings (SSSR count). The molecule has 0 saturated heterocycles. The SMILES string of the molecule is COCCN(CCOc1cccc(C#CCN)c1)C(C)C. The van der Waals surface area contributed by atoms with Gasteiger partial charge in [-0.1, -0.05) is 17.9 Å². The number of nitrogens with zero attached hydrogens (tertiary/aromatic N) is 1. The van der Waals surface area contributed by atoms with Crippen LogP contribution in [-0.4, -0.2) is 50.9 Å². The van der Waals surface area contributed by atoms with Crippen molar-refractivity contribution in [2.24, 2.45) is 5.73 Å². The molecule has 0 aliphatic carbocycles. The van der Waals surface area contributed by atoms with E-state index < -0.39 is 0 Å². The predicted octanol–water partition coefficient (Wildman–Crippen LogP) is 1.73. The van der Waals surface area contributed by atoms with E-state index in [0.29, 0.717) is 19.2 Å². The van der Waals surface area contributed by atoms with E-state index in [4.69, 9.17) is 15.2 Å². The molecule has 0 radical (unpaired) electrons. The standard InChI is InChI=1S/C17H26N2O2/c1-15(2)19(10-12-20-3)11-13-21-17-8-4-6-16(14-17)7-5-9-18/h4,6,8,14-15H,9-13,18H2,1-3H3. The lowest BCUT2D eigenvalue weighted by atomic mass is 10.2. The average Bonchev–Trinajstić information content (AvgIpc) is 2.48. The Labute approximate surface area is 128 Å². The topological polar surface area (TPSA) is 47.7 Å². The first kappa shape index (κ1) is 17.5. The summed E-state index contributed by atoms with van der Waals surface area (Å²) < 4.78 is 10.9. The largest absolute Gasteiger partial charge is 0.492 e. The highest BCUT2D eigenvalue weighted by atomic mass is 16.5. The van der Waals surface area contributed by atoms with Crippen LogP contribution in [0.25, 0.3) is 0 Å². The highest BCUT2D eigenvalue weighted by Crippen LogP contribution is 2.12. The van der Waals surface area contributed by atoms with E-state index in [1.807, 2.05) is 24.3 Å². The van der Waals surface area contributed by atoms with Crippen molar-refractivity contribution in [1.29, 1.82) is 0 Å². The van der Waals surface area contributed by atoms with Gasteiger partial charge in [0.15, 0.2) is 0 Å². The van der Waals surface area contributed by atoms with Crippen LogP contribution in [0.3, 0.4) is 0 Å². The van der Waals surface area contributed by atoms with Crippen LogP contribution >= 0.6 is 0 Å². The third-order valence-corrected chi connectivity index (χ3v) is 3.13. The fourth-order valence-electron chi connectivity index (χ4n) is 1.93. The monoisotopic (exact) mass is 290 g/mol. The third kappa shape index (κ3) is 7.14. The average molecular weight is 290 g/mol. The van der Waals surface area contributed by atoms with Gasteiger partial charge >= 0.3 is 0 Å². The number of methoxy groups -OCH3 is 1. The van der Waals surface area contributed by atoms with Crippen molar-refractivity contribution in [3.05, 3.63) is 29.8 Å². The summed E-state index contributed by atoms with van der Waals surface area (Å²) in [7, 11) is 1.73. The van der Waals surface area contributed by atoms with Gasteiger partial charge in [0.1, 0.15) is 12.4 Å². The summed E-state index contributed by atoms with van der Waals surface area (Å²) in [5, 5.41) is 0. The second kappa shape index (κ2) is 10.2. The molecule has 2 N–H and O–H groups in total. The molecule has 0 amide bonds. The molecular formula is C17H26N2O2. The number of rotatable bonds is 8. The lowest BCUT2D eigenvalue weighted by Crippen LogP contribution is -2.37. The molecule has 1 aromatic carbocycles. The minimum Gasteiger partial charge on any atom is -0.492 e. The molecule has 21 heavy (non-hydrogen) atoms. The van der Waals surface area contributed by atoms with Crippen LogP contribution in [0.1, 0.15) is 19.4 Å². The van der Waals surface area contributed by atoms with Gasteiger partial charge < -0.3 is 15.2 Å². The van der Waals surface area contributed by atoms with Crippen LogP contribution in [0.5, 0.6) is 5.75 Å². The Morgan fingerprint density at radius 2 is 2.00 bits per heavy atom. The Bertz CT molecular complexity index is 463. The zero-order valence-corrected chi connectivity index (χ0v) is 13.3. The van der Waals surface area contributed by atoms with Crippen molar-refractivity contribution in [1.82, 2.24) is 4.90 Å². The molecule has 0 aromatic heterocycles. The van der Waals surface area contributed by atoms with Crippen molar-refractivity contribution in [3.63, 3.8) is 0 Å².